The lowest BCUT2D eigenvalue weighted by molar-refractivity contribution is 0.197. The maximum Gasteiger partial charge on any atom is 0.153 e. The summed E-state index contributed by atoms with van der Waals surface area (Å²) in [6.45, 7) is 7.24. The van der Waals surface area contributed by atoms with Crippen LogP contribution in [0.15, 0.2) is 0 Å². The molecular weight excluding hydrogens is 236 g/mol. The Hall–Kier alpha value is -0.130. The van der Waals surface area contributed by atoms with Crippen molar-refractivity contribution in [2.75, 3.05) is 31.9 Å². The second kappa shape index (κ2) is 5.24. The first-order valence-electron chi connectivity index (χ1n) is 6.66. The van der Waals surface area contributed by atoms with Gasteiger partial charge in [-0.1, -0.05) is 0 Å². The van der Waals surface area contributed by atoms with E-state index >= 15 is 0 Å². The molecule has 4 nitrogen and oxygen atoms in total. The summed E-state index contributed by atoms with van der Waals surface area (Å²) in [5.41, 5.74) is 0. The Morgan fingerprint density at radius 2 is 2.06 bits per heavy atom. The molecule has 5 heteroatoms. The maximum atomic E-state index is 11.8. The van der Waals surface area contributed by atoms with Crippen molar-refractivity contribution in [2.24, 2.45) is 5.92 Å². The van der Waals surface area contributed by atoms with Gasteiger partial charge in [0.1, 0.15) is 0 Å². The highest BCUT2D eigenvalue weighted by Gasteiger charge is 2.34. The van der Waals surface area contributed by atoms with Gasteiger partial charge >= 0.3 is 0 Å². The molecule has 1 atom stereocenters. The van der Waals surface area contributed by atoms with Crippen molar-refractivity contribution in [1.29, 1.82) is 0 Å². The van der Waals surface area contributed by atoms with E-state index in [1.54, 1.807) is 13.8 Å². The van der Waals surface area contributed by atoms with Gasteiger partial charge in [0.15, 0.2) is 9.84 Å². The van der Waals surface area contributed by atoms with Gasteiger partial charge < -0.3 is 5.32 Å². The molecule has 0 radical (unpaired) electrons. The van der Waals surface area contributed by atoms with E-state index in [1.807, 2.05) is 0 Å². The molecule has 1 aliphatic heterocycles. The van der Waals surface area contributed by atoms with Crippen LogP contribution in [0.3, 0.4) is 0 Å². The molecule has 100 valence electrons. The monoisotopic (exact) mass is 260 g/mol. The van der Waals surface area contributed by atoms with Crippen LogP contribution < -0.4 is 5.32 Å². The average molecular weight is 260 g/mol. The Morgan fingerprint density at radius 1 is 1.35 bits per heavy atom. The van der Waals surface area contributed by atoms with E-state index in [0.717, 1.165) is 25.6 Å². The summed E-state index contributed by atoms with van der Waals surface area (Å²) in [6.07, 6.45) is 2.69. The standard InChI is InChI=1S/C12H24N2O2S/c1-10(2)17(15,16)8-7-14-6-5-13-12(9-14)11-3-4-11/h10-13H,3-9H2,1-2H3. The molecule has 2 fully saturated rings. The normalized spacial score (nSPS) is 27.6. The predicted octanol–water partition coefficient (Wildman–Crippen LogP) is 0.493. The first kappa shape index (κ1) is 13.3. The summed E-state index contributed by atoms with van der Waals surface area (Å²) in [6, 6.07) is 0.602. The molecule has 17 heavy (non-hydrogen) atoms. The molecule has 0 spiro atoms. The van der Waals surface area contributed by atoms with E-state index in [4.69, 9.17) is 0 Å². The highest BCUT2D eigenvalue weighted by atomic mass is 32.2. The first-order chi connectivity index (χ1) is 7.99. The molecule has 0 bridgehead atoms. The molecule has 0 aromatic rings. The second-order valence-corrected chi connectivity index (χ2v) is 8.29. The second-order valence-electron chi connectivity index (χ2n) is 5.61. The first-order valence-corrected chi connectivity index (χ1v) is 8.38. The van der Waals surface area contributed by atoms with Crippen molar-refractivity contribution < 1.29 is 8.42 Å². The van der Waals surface area contributed by atoms with Gasteiger partial charge in [0.2, 0.25) is 0 Å². The van der Waals surface area contributed by atoms with Gasteiger partial charge in [0.05, 0.1) is 11.0 Å². The lowest BCUT2D eigenvalue weighted by atomic mass is 10.1. The van der Waals surface area contributed by atoms with Crippen LogP contribution in [0.5, 0.6) is 0 Å². The van der Waals surface area contributed by atoms with Crippen molar-refractivity contribution in [3.05, 3.63) is 0 Å². The number of piperazine rings is 1. The predicted molar refractivity (Wildman–Crippen MR) is 69.9 cm³/mol. The van der Waals surface area contributed by atoms with Crippen LogP contribution in [0, 0.1) is 5.92 Å². The van der Waals surface area contributed by atoms with Crippen molar-refractivity contribution in [3.63, 3.8) is 0 Å². The van der Waals surface area contributed by atoms with E-state index < -0.39 is 9.84 Å². The quantitative estimate of drug-likeness (QED) is 0.782. The number of hydrogen-bond acceptors (Lipinski definition) is 4. The summed E-state index contributed by atoms with van der Waals surface area (Å²) >= 11 is 0. The lowest BCUT2D eigenvalue weighted by Crippen LogP contribution is -2.52. The lowest BCUT2D eigenvalue weighted by Gasteiger charge is -2.33. The van der Waals surface area contributed by atoms with Crippen molar-refractivity contribution in [1.82, 2.24) is 10.2 Å². The third-order valence-electron chi connectivity index (χ3n) is 3.89. The van der Waals surface area contributed by atoms with Crippen LogP contribution in [-0.2, 0) is 9.84 Å². The van der Waals surface area contributed by atoms with E-state index in [2.05, 4.69) is 10.2 Å². The zero-order valence-corrected chi connectivity index (χ0v) is 11.7. The van der Waals surface area contributed by atoms with Gasteiger partial charge in [-0.2, -0.15) is 0 Å². The topological polar surface area (TPSA) is 49.4 Å². The molecule has 1 aliphatic carbocycles. The van der Waals surface area contributed by atoms with Gasteiger partial charge in [0.25, 0.3) is 0 Å². The van der Waals surface area contributed by atoms with Crippen LogP contribution in [-0.4, -0.2) is 56.5 Å². The van der Waals surface area contributed by atoms with E-state index in [-0.39, 0.29) is 5.25 Å². The van der Waals surface area contributed by atoms with Gasteiger partial charge in [-0.05, 0) is 32.6 Å². The molecule has 1 saturated heterocycles. The molecule has 1 saturated carbocycles. The van der Waals surface area contributed by atoms with E-state index in [9.17, 15) is 8.42 Å². The van der Waals surface area contributed by atoms with Crippen LogP contribution in [0.25, 0.3) is 0 Å². The number of hydrogen-bond donors (Lipinski definition) is 1. The molecule has 1 N–H and O–H groups in total. The minimum absolute atomic E-state index is 0.246. The Labute approximate surface area is 105 Å². The molecular formula is C12H24N2O2S. The third-order valence-corrected chi connectivity index (χ3v) is 6.08. The van der Waals surface area contributed by atoms with Crippen molar-refractivity contribution >= 4 is 9.84 Å². The van der Waals surface area contributed by atoms with Crippen LogP contribution >= 0.6 is 0 Å². The molecule has 0 amide bonds. The largest absolute Gasteiger partial charge is 0.311 e. The number of nitrogens with zero attached hydrogens (tertiary/aromatic N) is 1. The van der Waals surface area contributed by atoms with Crippen LogP contribution in [0.1, 0.15) is 26.7 Å². The fourth-order valence-electron chi connectivity index (χ4n) is 2.35. The molecule has 2 rings (SSSR count). The minimum atomic E-state index is -2.88. The average Bonchev–Trinajstić information content (AvgIpc) is 3.10. The maximum absolute atomic E-state index is 11.8. The molecule has 1 unspecified atom stereocenters. The highest BCUT2D eigenvalue weighted by Crippen LogP contribution is 2.33. The summed E-state index contributed by atoms with van der Waals surface area (Å²) in [4.78, 5) is 2.30. The van der Waals surface area contributed by atoms with E-state index in [0.29, 0.717) is 18.3 Å². The third kappa shape index (κ3) is 3.66. The van der Waals surface area contributed by atoms with Gasteiger partial charge in [0, 0.05) is 32.2 Å². The summed E-state index contributed by atoms with van der Waals surface area (Å²) in [7, 11) is -2.88. The summed E-state index contributed by atoms with van der Waals surface area (Å²) in [5.74, 6) is 1.15. The Balaban J connectivity index is 1.78. The van der Waals surface area contributed by atoms with Crippen LogP contribution in [0.2, 0.25) is 0 Å². The zero-order chi connectivity index (χ0) is 12.5. The van der Waals surface area contributed by atoms with Crippen LogP contribution in [0.4, 0.5) is 0 Å². The number of nitrogens with one attached hydrogen (secondary N) is 1. The molecule has 0 aromatic heterocycles. The fourth-order valence-corrected chi connectivity index (χ4v) is 3.34. The fraction of sp³-hybridized carbons (Fsp3) is 1.00. The smallest absolute Gasteiger partial charge is 0.153 e. The van der Waals surface area contributed by atoms with Gasteiger partial charge in [-0.15, -0.1) is 0 Å². The highest BCUT2D eigenvalue weighted by molar-refractivity contribution is 7.92. The Kier molecular flexibility index (Phi) is 4.10. The van der Waals surface area contributed by atoms with E-state index in [1.165, 1.54) is 12.8 Å². The van der Waals surface area contributed by atoms with Crippen molar-refractivity contribution in [3.8, 4) is 0 Å². The number of rotatable bonds is 5. The van der Waals surface area contributed by atoms with Gasteiger partial charge in [-0.25, -0.2) is 8.42 Å². The summed E-state index contributed by atoms with van der Waals surface area (Å²) in [5, 5.41) is 3.29. The Bertz CT molecular complexity index is 350. The van der Waals surface area contributed by atoms with Gasteiger partial charge in [-0.3, -0.25) is 4.90 Å². The molecule has 0 aromatic carbocycles. The minimum Gasteiger partial charge on any atom is -0.311 e. The summed E-state index contributed by atoms with van der Waals surface area (Å²) < 4.78 is 23.5. The SMILES string of the molecule is CC(C)S(=O)(=O)CCN1CCNC(C2CC2)C1. The Morgan fingerprint density at radius 3 is 2.65 bits per heavy atom. The zero-order valence-electron chi connectivity index (χ0n) is 10.9. The molecule has 2 aliphatic rings. The molecule has 1 heterocycles. The van der Waals surface area contributed by atoms with Crippen molar-refractivity contribution in [2.45, 2.75) is 38.0 Å². The number of sulfone groups is 1.